The summed E-state index contributed by atoms with van der Waals surface area (Å²) in [6.07, 6.45) is 20.4. The Morgan fingerprint density at radius 1 is 0.786 bits per heavy atom. The largest absolute Gasteiger partial charge is 0.378 e. The summed E-state index contributed by atoms with van der Waals surface area (Å²) in [6.45, 7) is 7.15. The average molecular weight is 408 g/mol. The second-order valence-electron chi connectivity index (χ2n) is 10.5. The van der Waals surface area contributed by atoms with Crippen LogP contribution in [-0.2, 0) is 4.74 Å². The molecule has 0 radical (unpaired) electrons. The van der Waals surface area contributed by atoms with Gasteiger partial charge in [0.25, 0.3) is 0 Å². The van der Waals surface area contributed by atoms with Crippen LogP contribution in [0.4, 0.5) is 0 Å². The summed E-state index contributed by atoms with van der Waals surface area (Å²) >= 11 is 2.40. The van der Waals surface area contributed by atoms with Gasteiger partial charge in [0.05, 0.1) is 6.10 Å². The van der Waals surface area contributed by atoms with E-state index in [9.17, 15) is 0 Å². The van der Waals surface area contributed by atoms with Gasteiger partial charge in [0.2, 0.25) is 0 Å². The summed E-state index contributed by atoms with van der Waals surface area (Å²) in [5.41, 5.74) is 0. The number of hydrogen-bond donors (Lipinski definition) is 0. The molecule has 0 N–H and O–H groups in total. The van der Waals surface area contributed by atoms with Crippen LogP contribution in [0.2, 0.25) is 0 Å². The third kappa shape index (κ3) is 5.30. The highest BCUT2D eigenvalue weighted by atomic mass is 32.2. The summed E-state index contributed by atoms with van der Waals surface area (Å²) in [7, 11) is 0. The van der Waals surface area contributed by atoms with Crippen LogP contribution in [-0.4, -0.2) is 46.7 Å². The van der Waals surface area contributed by atoms with Crippen molar-refractivity contribution in [3.63, 3.8) is 0 Å². The summed E-state index contributed by atoms with van der Waals surface area (Å²) in [5, 5.41) is 1.90. The van der Waals surface area contributed by atoms with Crippen LogP contribution in [0.5, 0.6) is 0 Å². The van der Waals surface area contributed by atoms with Gasteiger partial charge in [-0.3, -0.25) is 4.90 Å². The molecule has 1 aliphatic heterocycles. The normalized spacial score (nSPS) is 42.0. The van der Waals surface area contributed by atoms with Gasteiger partial charge >= 0.3 is 0 Å². The van der Waals surface area contributed by atoms with Crippen LogP contribution in [0.3, 0.4) is 0 Å². The summed E-state index contributed by atoms with van der Waals surface area (Å²) in [5.74, 6) is 1.64. The molecule has 0 bridgehead atoms. The van der Waals surface area contributed by atoms with E-state index in [-0.39, 0.29) is 0 Å². The van der Waals surface area contributed by atoms with Crippen molar-refractivity contribution in [1.82, 2.24) is 4.90 Å². The number of ether oxygens (including phenoxy) is 1. The first-order valence-corrected chi connectivity index (χ1v) is 13.7. The van der Waals surface area contributed by atoms with E-state index in [4.69, 9.17) is 4.74 Å². The lowest BCUT2D eigenvalue weighted by Crippen LogP contribution is -2.58. The second kappa shape index (κ2) is 10.5. The fraction of sp³-hybridized carbons (Fsp3) is 1.00. The first kappa shape index (κ1) is 21.5. The molecule has 0 aromatic rings. The molecule has 3 heteroatoms. The Kier molecular flexibility index (Phi) is 8.09. The Balaban J connectivity index is 1.19. The van der Waals surface area contributed by atoms with E-state index in [0.29, 0.717) is 6.10 Å². The first-order chi connectivity index (χ1) is 13.7. The van der Waals surface area contributed by atoms with Crippen molar-refractivity contribution < 1.29 is 4.74 Å². The molecule has 0 spiro atoms. The minimum Gasteiger partial charge on any atom is -0.378 e. The van der Waals surface area contributed by atoms with E-state index in [2.05, 4.69) is 30.5 Å². The SMILES string of the molecule is CC1CCC(C)C(OCCCCCN2C3CCCCC3SC3CCCCC32)C1. The van der Waals surface area contributed by atoms with E-state index >= 15 is 0 Å². The van der Waals surface area contributed by atoms with Crippen molar-refractivity contribution >= 4 is 11.8 Å². The predicted octanol–water partition coefficient (Wildman–Crippen LogP) is 6.67. The Bertz CT molecular complexity index is 449. The molecule has 162 valence electrons. The van der Waals surface area contributed by atoms with Gasteiger partial charge in [-0.05, 0) is 76.2 Å². The van der Waals surface area contributed by atoms with Crippen LogP contribution in [0.25, 0.3) is 0 Å². The molecule has 3 saturated carbocycles. The first-order valence-electron chi connectivity index (χ1n) is 12.7. The molecule has 7 unspecified atom stereocenters. The minimum absolute atomic E-state index is 0.536. The van der Waals surface area contributed by atoms with Crippen LogP contribution in [0.15, 0.2) is 0 Å². The number of fused-ring (bicyclic) bond motifs is 2. The summed E-state index contributed by atoms with van der Waals surface area (Å²) < 4.78 is 6.31. The van der Waals surface area contributed by atoms with Crippen molar-refractivity contribution in [3.8, 4) is 0 Å². The number of nitrogens with zero attached hydrogens (tertiary/aromatic N) is 1. The fourth-order valence-corrected chi connectivity index (χ4v) is 8.56. The summed E-state index contributed by atoms with van der Waals surface area (Å²) in [4.78, 5) is 3.02. The highest BCUT2D eigenvalue weighted by molar-refractivity contribution is 8.00. The Hall–Kier alpha value is 0.270. The average Bonchev–Trinajstić information content (AvgIpc) is 2.72. The highest BCUT2D eigenvalue weighted by Crippen LogP contribution is 2.46. The number of rotatable bonds is 7. The van der Waals surface area contributed by atoms with Gasteiger partial charge in [-0.15, -0.1) is 0 Å². The van der Waals surface area contributed by atoms with Crippen LogP contribution in [0.1, 0.15) is 104 Å². The third-order valence-electron chi connectivity index (χ3n) is 8.31. The van der Waals surface area contributed by atoms with Gasteiger partial charge in [0, 0.05) is 29.2 Å². The monoisotopic (exact) mass is 407 g/mol. The third-order valence-corrected chi connectivity index (χ3v) is 10.1. The molecule has 28 heavy (non-hydrogen) atoms. The van der Waals surface area contributed by atoms with Gasteiger partial charge in [-0.1, -0.05) is 46.0 Å². The molecule has 1 heterocycles. The predicted molar refractivity (Wildman–Crippen MR) is 122 cm³/mol. The number of thioether (sulfide) groups is 1. The molecular weight excluding hydrogens is 362 g/mol. The maximum absolute atomic E-state index is 6.31. The standard InChI is InChI=1S/C25H45NOS/c1-19-14-15-20(2)23(18-19)27-17-9-3-8-16-26-21-10-4-6-12-24(21)28-25-13-7-5-11-22(25)26/h19-25H,3-18H2,1-2H3. The molecule has 3 aliphatic carbocycles. The molecule has 7 atom stereocenters. The zero-order valence-corrected chi connectivity index (χ0v) is 19.4. The smallest absolute Gasteiger partial charge is 0.0603 e. The lowest BCUT2D eigenvalue weighted by atomic mass is 9.82. The molecule has 4 fully saturated rings. The summed E-state index contributed by atoms with van der Waals surface area (Å²) in [6, 6.07) is 1.80. The molecule has 0 aromatic heterocycles. The molecule has 1 saturated heterocycles. The number of unbranched alkanes of at least 4 members (excludes halogenated alkanes) is 2. The van der Waals surface area contributed by atoms with E-state index in [0.717, 1.165) is 41.0 Å². The molecule has 4 rings (SSSR count). The molecular formula is C25H45NOS. The topological polar surface area (TPSA) is 12.5 Å². The van der Waals surface area contributed by atoms with Crippen LogP contribution >= 0.6 is 11.8 Å². The van der Waals surface area contributed by atoms with E-state index in [1.807, 2.05) is 0 Å². The minimum atomic E-state index is 0.536. The quantitative estimate of drug-likeness (QED) is 0.437. The Labute approximate surface area is 178 Å². The van der Waals surface area contributed by atoms with Gasteiger partial charge in [-0.2, -0.15) is 11.8 Å². The van der Waals surface area contributed by atoms with Gasteiger partial charge in [-0.25, -0.2) is 0 Å². The molecule has 0 amide bonds. The fourth-order valence-electron chi connectivity index (χ4n) is 6.55. The second-order valence-corrected chi connectivity index (χ2v) is 12.0. The van der Waals surface area contributed by atoms with Crippen molar-refractivity contribution in [2.24, 2.45) is 11.8 Å². The molecule has 0 aromatic carbocycles. The van der Waals surface area contributed by atoms with Crippen LogP contribution in [0, 0.1) is 11.8 Å². The van der Waals surface area contributed by atoms with E-state index in [1.165, 1.54) is 96.4 Å². The molecule has 2 nitrogen and oxygen atoms in total. The van der Waals surface area contributed by atoms with E-state index < -0.39 is 0 Å². The van der Waals surface area contributed by atoms with Gasteiger partial charge in [0.1, 0.15) is 0 Å². The van der Waals surface area contributed by atoms with Gasteiger partial charge in [0.15, 0.2) is 0 Å². The van der Waals surface area contributed by atoms with Crippen LogP contribution < -0.4 is 0 Å². The Morgan fingerprint density at radius 3 is 2.18 bits per heavy atom. The lowest BCUT2D eigenvalue weighted by molar-refractivity contribution is -0.0197. The lowest BCUT2D eigenvalue weighted by Gasteiger charge is -2.53. The van der Waals surface area contributed by atoms with Crippen molar-refractivity contribution in [2.75, 3.05) is 13.2 Å². The van der Waals surface area contributed by atoms with Gasteiger partial charge < -0.3 is 4.74 Å². The Morgan fingerprint density at radius 2 is 1.46 bits per heavy atom. The maximum Gasteiger partial charge on any atom is 0.0603 e. The maximum atomic E-state index is 6.31. The van der Waals surface area contributed by atoms with Crippen molar-refractivity contribution in [3.05, 3.63) is 0 Å². The van der Waals surface area contributed by atoms with Crippen molar-refractivity contribution in [2.45, 2.75) is 132 Å². The highest BCUT2D eigenvalue weighted by Gasteiger charge is 2.44. The zero-order chi connectivity index (χ0) is 19.3. The molecule has 4 aliphatic rings. The van der Waals surface area contributed by atoms with E-state index in [1.54, 1.807) is 0 Å². The number of hydrogen-bond acceptors (Lipinski definition) is 3. The zero-order valence-electron chi connectivity index (χ0n) is 18.6. The van der Waals surface area contributed by atoms with Crippen molar-refractivity contribution in [1.29, 1.82) is 0 Å².